The summed E-state index contributed by atoms with van der Waals surface area (Å²) in [6.45, 7) is 2.23. The van der Waals surface area contributed by atoms with Crippen molar-refractivity contribution in [3.63, 3.8) is 0 Å². The van der Waals surface area contributed by atoms with E-state index in [0.29, 0.717) is 6.54 Å². The molecule has 0 saturated carbocycles. The fraction of sp³-hybridized carbons (Fsp3) is 0.750. The zero-order valence-electron chi connectivity index (χ0n) is 8.61. The lowest BCUT2D eigenvalue weighted by atomic mass is 10.3. The molecule has 6 nitrogen and oxygen atoms in total. The second-order valence-corrected chi connectivity index (χ2v) is 2.74. The van der Waals surface area contributed by atoms with Crippen LogP contribution in [-0.2, 0) is 9.53 Å². The lowest BCUT2D eigenvalue weighted by Crippen LogP contribution is -2.43. The van der Waals surface area contributed by atoms with Gasteiger partial charge in [-0.3, -0.25) is 0 Å². The molecule has 0 aliphatic rings. The molecule has 82 valence electrons. The maximum absolute atomic E-state index is 11.1. The van der Waals surface area contributed by atoms with Crippen molar-refractivity contribution in [2.75, 3.05) is 27.2 Å². The van der Waals surface area contributed by atoms with Crippen LogP contribution in [0, 0.1) is 0 Å². The number of esters is 1. The lowest BCUT2D eigenvalue weighted by molar-refractivity contribution is -0.149. The van der Waals surface area contributed by atoms with Crippen LogP contribution in [0.25, 0.3) is 0 Å². The van der Waals surface area contributed by atoms with Gasteiger partial charge < -0.3 is 20.1 Å². The number of methoxy groups -OCH3 is 1. The molecule has 0 aliphatic carbocycles. The van der Waals surface area contributed by atoms with Crippen molar-refractivity contribution >= 4 is 12.0 Å². The number of aliphatic hydroxyl groups excluding tert-OH is 1. The zero-order chi connectivity index (χ0) is 11.1. The number of hydrogen-bond acceptors (Lipinski definition) is 4. The third-order valence-corrected chi connectivity index (χ3v) is 1.74. The summed E-state index contributed by atoms with van der Waals surface area (Å²) in [5, 5.41) is 11.5. The Kier molecular flexibility index (Phi) is 5.62. The van der Waals surface area contributed by atoms with Crippen LogP contribution in [0.5, 0.6) is 0 Å². The topological polar surface area (TPSA) is 78.9 Å². The normalized spacial score (nSPS) is 11.7. The molecular formula is C8H16N2O4. The van der Waals surface area contributed by atoms with E-state index in [1.807, 2.05) is 6.92 Å². The molecule has 0 bridgehead atoms. The maximum atomic E-state index is 11.1. The quantitative estimate of drug-likeness (QED) is 0.586. The number of hydrogen-bond donors (Lipinski definition) is 2. The molecule has 1 atom stereocenters. The average Bonchev–Trinajstić information content (AvgIpc) is 2.22. The second kappa shape index (κ2) is 6.20. The summed E-state index contributed by atoms with van der Waals surface area (Å²) >= 11 is 0. The molecule has 0 fully saturated rings. The van der Waals surface area contributed by atoms with E-state index in [9.17, 15) is 9.59 Å². The van der Waals surface area contributed by atoms with Crippen molar-refractivity contribution < 1.29 is 19.4 Å². The highest BCUT2D eigenvalue weighted by Gasteiger charge is 2.16. The molecule has 0 aromatic carbocycles. The average molecular weight is 204 g/mol. The largest absolute Gasteiger partial charge is 0.467 e. The van der Waals surface area contributed by atoms with Crippen LogP contribution in [0.4, 0.5) is 4.79 Å². The van der Waals surface area contributed by atoms with Gasteiger partial charge in [-0.15, -0.1) is 0 Å². The van der Waals surface area contributed by atoms with Gasteiger partial charge in [0.25, 0.3) is 0 Å². The molecule has 1 unspecified atom stereocenters. The highest BCUT2D eigenvalue weighted by atomic mass is 16.5. The van der Waals surface area contributed by atoms with Crippen LogP contribution in [0.2, 0.25) is 0 Å². The monoisotopic (exact) mass is 204 g/mol. The molecule has 0 radical (unpaired) electrons. The summed E-state index contributed by atoms with van der Waals surface area (Å²) in [6.07, 6.45) is -1.31. The van der Waals surface area contributed by atoms with E-state index in [1.54, 1.807) is 7.05 Å². The Morgan fingerprint density at radius 2 is 2.14 bits per heavy atom. The van der Waals surface area contributed by atoms with Crippen molar-refractivity contribution in [3.05, 3.63) is 0 Å². The molecule has 0 aromatic rings. The Balaban J connectivity index is 3.82. The Bertz CT molecular complexity index is 208. The smallest absolute Gasteiger partial charge is 0.336 e. The van der Waals surface area contributed by atoms with E-state index in [2.05, 4.69) is 10.1 Å². The van der Waals surface area contributed by atoms with Gasteiger partial charge in [0.2, 0.25) is 0 Å². The van der Waals surface area contributed by atoms with Crippen molar-refractivity contribution in [1.82, 2.24) is 10.2 Å². The number of nitrogens with one attached hydrogen (secondary N) is 1. The van der Waals surface area contributed by atoms with Crippen LogP contribution >= 0.6 is 0 Å². The first-order valence-electron chi connectivity index (χ1n) is 4.27. The first-order valence-corrected chi connectivity index (χ1v) is 4.27. The van der Waals surface area contributed by atoms with Crippen molar-refractivity contribution in [3.8, 4) is 0 Å². The van der Waals surface area contributed by atoms with Gasteiger partial charge in [-0.05, 0) is 6.92 Å². The van der Waals surface area contributed by atoms with Crippen LogP contribution < -0.4 is 5.32 Å². The predicted molar refractivity (Wildman–Crippen MR) is 49.7 cm³/mol. The number of rotatable bonds is 4. The van der Waals surface area contributed by atoms with Gasteiger partial charge in [-0.25, -0.2) is 9.59 Å². The summed E-state index contributed by atoms with van der Waals surface area (Å²) in [4.78, 5) is 23.3. The Morgan fingerprint density at radius 1 is 1.57 bits per heavy atom. The second-order valence-electron chi connectivity index (χ2n) is 2.74. The van der Waals surface area contributed by atoms with Crippen LogP contribution in [-0.4, -0.2) is 55.4 Å². The Hall–Kier alpha value is -1.30. The van der Waals surface area contributed by atoms with Crippen LogP contribution in [0.1, 0.15) is 6.92 Å². The summed E-state index contributed by atoms with van der Waals surface area (Å²) in [7, 11) is 2.78. The van der Waals surface area contributed by atoms with Gasteiger partial charge in [0.05, 0.1) is 13.7 Å². The molecule has 0 aromatic heterocycles. The number of ether oxygens (including phenoxy) is 1. The van der Waals surface area contributed by atoms with Gasteiger partial charge in [-0.2, -0.15) is 0 Å². The lowest BCUT2D eigenvalue weighted by Gasteiger charge is -2.16. The molecule has 6 heteroatoms. The maximum Gasteiger partial charge on any atom is 0.336 e. The third-order valence-electron chi connectivity index (χ3n) is 1.74. The van der Waals surface area contributed by atoms with E-state index in [4.69, 9.17) is 5.11 Å². The van der Waals surface area contributed by atoms with E-state index < -0.39 is 12.1 Å². The minimum Gasteiger partial charge on any atom is -0.467 e. The predicted octanol–water partition coefficient (Wildman–Crippen LogP) is -0.818. The molecule has 0 rings (SSSR count). The van der Waals surface area contributed by atoms with Gasteiger partial charge in [-0.1, -0.05) is 0 Å². The highest BCUT2D eigenvalue weighted by molar-refractivity contribution is 5.77. The van der Waals surface area contributed by atoms with Gasteiger partial charge in [0, 0.05) is 13.6 Å². The third kappa shape index (κ3) is 4.08. The van der Waals surface area contributed by atoms with Gasteiger partial charge >= 0.3 is 12.0 Å². The Morgan fingerprint density at radius 3 is 2.57 bits per heavy atom. The number of nitrogens with zero attached hydrogens (tertiary/aromatic N) is 1. The number of carbonyl (C=O) groups is 2. The number of aliphatic hydroxyl groups is 1. The molecular weight excluding hydrogens is 188 g/mol. The van der Waals surface area contributed by atoms with Crippen LogP contribution in [0.15, 0.2) is 0 Å². The zero-order valence-corrected chi connectivity index (χ0v) is 8.61. The van der Waals surface area contributed by atoms with E-state index in [-0.39, 0.29) is 12.6 Å². The van der Waals surface area contributed by atoms with Crippen molar-refractivity contribution in [1.29, 1.82) is 0 Å². The van der Waals surface area contributed by atoms with E-state index in [1.165, 1.54) is 12.0 Å². The molecule has 0 heterocycles. The molecule has 0 aliphatic heterocycles. The summed E-state index contributed by atoms with van der Waals surface area (Å²) in [5.41, 5.74) is 0. The van der Waals surface area contributed by atoms with Gasteiger partial charge in [0.15, 0.2) is 6.10 Å². The fourth-order valence-electron chi connectivity index (χ4n) is 0.682. The molecule has 0 saturated heterocycles. The first-order chi connectivity index (χ1) is 6.52. The standard InChI is InChI=1S/C8H16N2O4/c1-4-10(2)8(13)9-5-6(11)7(12)14-3/h6,11H,4-5H2,1-3H3,(H,9,13). The molecule has 14 heavy (non-hydrogen) atoms. The molecule has 2 amide bonds. The Labute approximate surface area is 82.8 Å². The minimum atomic E-state index is -1.31. The number of carbonyl (C=O) groups excluding carboxylic acids is 2. The SMILES string of the molecule is CCN(C)C(=O)NCC(O)C(=O)OC. The summed E-state index contributed by atoms with van der Waals surface area (Å²) in [6, 6.07) is -0.338. The summed E-state index contributed by atoms with van der Waals surface area (Å²) < 4.78 is 4.28. The van der Waals surface area contributed by atoms with E-state index >= 15 is 0 Å². The van der Waals surface area contributed by atoms with Crippen molar-refractivity contribution in [2.24, 2.45) is 0 Å². The fourth-order valence-corrected chi connectivity index (χ4v) is 0.682. The molecule has 0 spiro atoms. The number of amides is 2. The minimum absolute atomic E-state index is 0.143. The van der Waals surface area contributed by atoms with E-state index in [0.717, 1.165) is 0 Å². The molecule has 2 N–H and O–H groups in total. The van der Waals surface area contributed by atoms with Crippen LogP contribution in [0.3, 0.4) is 0 Å². The number of urea groups is 1. The first kappa shape index (κ1) is 12.7. The summed E-state index contributed by atoms with van der Waals surface area (Å²) in [5.74, 6) is -0.760. The van der Waals surface area contributed by atoms with Gasteiger partial charge in [0.1, 0.15) is 0 Å². The highest BCUT2D eigenvalue weighted by Crippen LogP contribution is 1.87. The van der Waals surface area contributed by atoms with Crippen molar-refractivity contribution in [2.45, 2.75) is 13.0 Å².